The maximum absolute atomic E-state index is 11.9. The van der Waals surface area contributed by atoms with Gasteiger partial charge in [0.15, 0.2) is 0 Å². The molecule has 0 aliphatic heterocycles. The van der Waals surface area contributed by atoms with Gasteiger partial charge >= 0.3 is 0 Å². The lowest BCUT2D eigenvalue weighted by atomic mass is 10.1. The molecule has 1 aromatic heterocycles. The molecule has 0 aliphatic rings. The Labute approximate surface area is 124 Å². The Balaban J connectivity index is 1.79. The van der Waals surface area contributed by atoms with E-state index >= 15 is 0 Å². The van der Waals surface area contributed by atoms with Crippen LogP contribution in [0.2, 0.25) is 0 Å². The summed E-state index contributed by atoms with van der Waals surface area (Å²) in [5.41, 5.74) is 1.09. The molecule has 1 heterocycles. The molecule has 2 rings (SSSR count). The number of nitrogens with zero attached hydrogens (tertiary/aromatic N) is 1. The zero-order valence-electron chi connectivity index (χ0n) is 12.3. The van der Waals surface area contributed by atoms with E-state index in [2.05, 4.69) is 10.5 Å². The van der Waals surface area contributed by atoms with Crippen molar-refractivity contribution in [3.63, 3.8) is 0 Å². The van der Waals surface area contributed by atoms with Crippen LogP contribution in [-0.2, 0) is 11.2 Å². The van der Waals surface area contributed by atoms with Crippen molar-refractivity contribution in [2.75, 3.05) is 6.61 Å². The molecule has 2 aromatic rings. The van der Waals surface area contributed by atoms with Gasteiger partial charge in [0, 0.05) is 18.9 Å². The summed E-state index contributed by atoms with van der Waals surface area (Å²) in [6.45, 7) is 4.39. The van der Waals surface area contributed by atoms with E-state index in [1.165, 1.54) is 0 Å². The largest absolute Gasteiger partial charge is 0.476 e. The maximum atomic E-state index is 11.9. The molecule has 0 unspecified atom stereocenters. The van der Waals surface area contributed by atoms with Crippen LogP contribution >= 0.6 is 0 Å². The third-order valence-electron chi connectivity index (χ3n) is 3.11. The van der Waals surface area contributed by atoms with Gasteiger partial charge in [-0.1, -0.05) is 30.3 Å². The summed E-state index contributed by atoms with van der Waals surface area (Å²) in [7, 11) is 0. The predicted octanol–water partition coefficient (Wildman–Crippen LogP) is 2.88. The normalized spacial score (nSPS) is 11.9. The lowest BCUT2D eigenvalue weighted by Crippen LogP contribution is -2.26. The van der Waals surface area contributed by atoms with E-state index in [-0.39, 0.29) is 11.9 Å². The lowest BCUT2D eigenvalue weighted by Gasteiger charge is -2.13. The van der Waals surface area contributed by atoms with E-state index in [1.807, 2.05) is 44.2 Å². The van der Waals surface area contributed by atoms with Crippen LogP contribution in [0.1, 0.15) is 37.6 Å². The van der Waals surface area contributed by atoms with Crippen LogP contribution in [0.4, 0.5) is 0 Å². The van der Waals surface area contributed by atoms with Crippen LogP contribution in [-0.4, -0.2) is 17.7 Å². The molecule has 0 saturated carbocycles. The minimum atomic E-state index is -0.0132. The third kappa shape index (κ3) is 4.63. The average molecular weight is 288 g/mol. The number of benzene rings is 1. The number of carbonyl (C=O) groups is 1. The Hall–Kier alpha value is -2.30. The topological polar surface area (TPSA) is 64.4 Å². The number of amides is 1. The lowest BCUT2D eigenvalue weighted by molar-refractivity contribution is -0.121. The molecule has 5 heteroatoms. The highest BCUT2D eigenvalue weighted by molar-refractivity contribution is 5.76. The summed E-state index contributed by atoms with van der Waals surface area (Å²) >= 11 is 0. The summed E-state index contributed by atoms with van der Waals surface area (Å²) in [4.78, 5) is 11.9. The molecule has 1 amide bonds. The van der Waals surface area contributed by atoms with Gasteiger partial charge in [0.05, 0.1) is 12.6 Å². The minimum Gasteiger partial charge on any atom is -0.476 e. The van der Waals surface area contributed by atoms with Crippen molar-refractivity contribution in [1.82, 2.24) is 10.5 Å². The van der Waals surface area contributed by atoms with Gasteiger partial charge in [-0.15, -0.1) is 0 Å². The van der Waals surface area contributed by atoms with Gasteiger partial charge in [-0.05, 0) is 24.6 Å². The molecule has 0 spiro atoms. The van der Waals surface area contributed by atoms with Crippen molar-refractivity contribution in [3.05, 3.63) is 47.7 Å². The number of rotatable bonds is 7. The smallest absolute Gasteiger partial charge is 0.254 e. The number of aromatic nitrogens is 1. The number of ether oxygens (including phenoxy) is 1. The van der Waals surface area contributed by atoms with E-state index < -0.39 is 0 Å². The highest BCUT2D eigenvalue weighted by Crippen LogP contribution is 2.14. The van der Waals surface area contributed by atoms with Gasteiger partial charge < -0.3 is 14.6 Å². The van der Waals surface area contributed by atoms with Crippen LogP contribution in [0.15, 0.2) is 40.9 Å². The summed E-state index contributed by atoms with van der Waals surface area (Å²) < 4.78 is 10.3. The first-order valence-corrected chi connectivity index (χ1v) is 7.11. The summed E-state index contributed by atoms with van der Waals surface area (Å²) in [6, 6.07) is 11.6. The van der Waals surface area contributed by atoms with Crippen molar-refractivity contribution in [1.29, 1.82) is 0 Å². The van der Waals surface area contributed by atoms with Crippen LogP contribution in [0.3, 0.4) is 0 Å². The second-order valence-electron chi connectivity index (χ2n) is 4.76. The molecule has 1 N–H and O–H groups in total. The van der Waals surface area contributed by atoms with Crippen LogP contribution < -0.4 is 10.1 Å². The fourth-order valence-electron chi connectivity index (χ4n) is 2.00. The summed E-state index contributed by atoms with van der Waals surface area (Å²) in [5, 5.41) is 6.73. The van der Waals surface area contributed by atoms with Crippen LogP contribution in [0.5, 0.6) is 5.88 Å². The standard InChI is InChI=1S/C16H20N2O3/c1-3-20-16-11-14(21-18-16)9-10-15(19)17-12(2)13-7-5-4-6-8-13/h4-8,11-12H,3,9-10H2,1-2H3,(H,17,19)/t12-/m0/s1. The number of hydrogen-bond donors (Lipinski definition) is 1. The first-order valence-electron chi connectivity index (χ1n) is 7.11. The number of hydrogen-bond acceptors (Lipinski definition) is 4. The van der Waals surface area contributed by atoms with Gasteiger partial charge in [-0.2, -0.15) is 0 Å². The molecule has 21 heavy (non-hydrogen) atoms. The quantitative estimate of drug-likeness (QED) is 0.851. The molecule has 0 radical (unpaired) electrons. The second-order valence-corrected chi connectivity index (χ2v) is 4.76. The Morgan fingerprint density at radius 1 is 1.38 bits per heavy atom. The van der Waals surface area contributed by atoms with Gasteiger partial charge in [0.25, 0.3) is 5.88 Å². The van der Waals surface area contributed by atoms with Crippen molar-refractivity contribution in [3.8, 4) is 5.88 Å². The van der Waals surface area contributed by atoms with E-state index in [1.54, 1.807) is 6.07 Å². The summed E-state index contributed by atoms with van der Waals surface area (Å²) in [5.74, 6) is 1.10. The van der Waals surface area contributed by atoms with Gasteiger partial charge in [0.2, 0.25) is 5.91 Å². The maximum Gasteiger partial charge on any atom is 0.254 e. The van der Waals surface area contributed by atoms with Crippen LogP contribution in [0, 0.1) is 0 Å². The fraction of sp³-hybridized carbons (Fsp3) is 0.375. The zero-order chi connectivity index (χ0) is 15.1. The molecule has 0 saturated heterocycles. The highest BCUT2D eigenvalue weighted by atomic mass is 16.5. The number of aryl methyl sites for hydroxylation is 1. The van der Waals surface area contributed by atoms with Gasteiger partial charge in [0.1, 0.15) is 5.76 Å². The number of nitrogens with one attached hydrogen (secondary N) is 1. The number of carbonyl (C=O) groups excluding carboxylic acids is 1. The Bertz CT molecular complexity index is 566. The average Bonchev–Trinajstić information content (AvgIpc) is 2.94. The van der Waals surface area contributed by atoms with Crippen molar-refractivity contribution < 1.29 is 14.1 Å². The van der Waals surface area contributed by atoms with E-state index in [0.717, 1.165) is 5.56 Å². The van der Waals surface area contributed by atoms with Gasteiger partial charge in [-0.25, -0.2) is 0 Å². The molecule has 0 aliphatic carbocycles. The van der Waals surface area contributed by atoms with E-state index in [4.69, 9.17) is 9.26 Å². The van der Waals surface area contributed by atoms with Crippen molar-refractivity contribution >= 4 is 5.91 Å². The van der Waals surface area contributed by atoms with Crippen molar-refractivity contribution in [2.45, 2.75) is 32.7 Å². The molecule has 1 atom stereocenters. The second kappa shape index (κ2) is 7.47. The van der Waals surface area contributed by atoms with E-state index in [0.29, 0.717) is 31.1 Å². The molecule has 112 valence electrons. The molecular weight excluding hydrogens is 268 g/mol. The first kappa shape index (κ1) is 15.1. The Morgan fingerprint density at radius 3 is 2.86 bits per heavy atom. The molecule has 0 fully saturated rings. The first-order chi connectivity index (χ1) is 10.2. The predicted molar refractivity (Wildman–Crippen MR) is 79.0 cm³/mol. The van der Waals surface area contributed by atoms with E-state index in [9.17, 15) is 4.79 Å². The molecular formula is C16H20N2O3. The Morgan fingerprint density at radius 2 is 2.14 bits per heavy atom. The summed E-state index contributed by atoms with van der Waals surface area (Å²) in [6.07, 6.45) is 0.866. The fourth-order valence-corrected chi connectivity index (χ4v) is 2.00. The SMILES string of the molecule is CCOc1cc(CCC(=O)N[C@@H](C)c2ccccc2)on1. The zero-order valence-corrected chi connectivity index (χ0v) is 12.3. The Kier molecular flexibility index (Phi) is 5.37. The third-order valence-corrected chi connectivity index (χ3v) is 3.11. The van der Waals surface area contributed by atoms with Crippen molar-refractivity contribution in [2.24, 2.45) is 0 Å². The van der Waals surface area contributed by atoms with Crippen LogP contribution in [0.25, 0.3) is 0 Å². The van der Waals surface area contributed by atoms with Gasteiger partial charge in [-0.3, -0.25) is 4.79 Å². The minimum absolute atomic E-state index is 0.00703. The molecule has 5 nitrogen and oxygen atoms in total. The highest BCUT2D eigenvalue weighted by Gasteiger charge is 2.11. The monoisotopic (exact) mass is 288 g/mol. The molecule has 0 bridgehead atoms. The molecule has 1 aromatic carbocycles.